The Hall–Kier alpha value is -3.27. The van der Waals surface area contributed by atoms with E-state index in [4.69, 9.17) is 9.47 Å². The number of anilines is 1. The third kappa shape index (κ3) is 4.86. The maximum atomic E-state index is 13.5. The number of nitrogens with one attached hydrogen (secondary N) is 2. The number of hydrogen-bond acceptors (Lipinski definition) is 7. The number of benzene rings is 1. The minimum Gasteiger partial charge on any atom is -0.495 e. The third-order valence-corrected chi connectivity index (χ3v) is 7.79. The van der Waals surface area contributed by atoms with Crippen molar-refractivity contribution in [1.82, 2.24) is 14.7 Å². The van der Waals surface area contributed by atoms with E-state index < -0.39 is 22.4 Å². The van der Waals surface area contributed by atoms with Gasteiger partial charge >= 0.3 is 6.18 Å². The van der Waals surface area contributed by atoms with E-state index in [0.29, 0.717) is 30.3 Å². The summed E-state index contributed by atoms with van der Waals surface area (Å²) in [6.45, 7) is 2.08. The van der Waals surface area contributed by atoms with E-state index >= 15 is 0 Å². The van der Waals surface area contributed by atoms with Crippen LogP contribution in [0.1, 0.15) is 23.0 Å². The first kappa shape index (κ1) is 25.4. The average Bonchev–Trinajstić information content (AvgIpc) is 3.11. The highest BCUT2D eigenvalue weighted by Crippen LogP contribution is 2.47. The van der Waals surface area contributed by atoms with E-state index in [2.05, 4.69) is 27.5 Å². The number of nitrogens with zero attached hydrogens (tertiary/aromatic N) is 2. The van der Waals surface area contributed by atoms with Gasteiger partial charge in [0.25, 0.3) is 0 Å². The van der Waals surface area contributed by atoms with Crippen LogP contribution in [0.5, 0.6) is 5.75 Å². The van der Waals surface area contributed by atoms with Gasteiger partial charge < -0.3 is 24.5 Å². The van der Waals surface area contributed by atoms with E-state index in [0.717, 1.165) is 18.4 Å². The minimum atomic E-state index is -4.44. The number of halogens is 3. The van der Waals surface area contributed by atoms with Gasteiger partial charge in [0.1, 0.15) is 17.1 Å². The maximum Gasteiger partial charge on any atom is 0.394 e. The Bertz CT molecular complexity index is 1510. The molecule has 0 bridgehead atoms. The Morgan fingerprint density at radius 2 is 2.11 bits per heavy atom. The van der Waals surface area contributed by atoms with Crippen molar-refractivity contribution in [3.63, 3.8) is 0 Å². The molecule has 2 N–H and O–H groups in total. The van der Waals surface area contributed by atoms with Gasteiger partial charge in [0.15, 0.2) is 9.84 Å². The van der Waals surface area contributed by atoms with Crippen LogP contribution in [-0.2, 0) is 21.0 Å². The Morgan fingerprint density at radius 3 is 2.70 bits per heavy atom. The Balaban J connectivity index is 1.44. The van der Waals surface area contributed by atoms with E-state index in [1.807, 2.05) is 6.07 Å². The van der Waals surface area contributed by atoms with Gasteiger partial charge in [-0.1, -0.05) is 12.0 Å². The van der Waals surface area contributed by atoms with E-state index in [-0.39, 0.29) is 34.3 Å². The van der Waals surface area contributed by atoms with Gasteiger partial charge in [0.2, 0.25) is 0 Å². The average molecular weight is 535 g/mol. The molecule has 4 heterocycles. The smallest absolute Gasteiger partial charge is 0.394 e. The van der Waals surface area contributed by atoms with Crippen molar-refractivity contribution in [2.45, 2.75) is 23.5 Å². The highest BCUT2D eigenvalue weighted by molar-refractivity contribution is 7.90. The Morgan fingerprint density at radius 1 is 1.32 bits per heavy atom. The summed E-state index contributed by atoms with van der Waals surface area (Å²) in [6.07, 6.45) is -2.93. The van der Waals surface area contributed by atoms with Crippen LogP contribution in [0.2, 0.25) is 0 Å². The van der Waals surface area contributed by atoms with Crippen molar-refractivity contribution < 1.29 is 31.1 Å². The SMILES string of the molecule is COc1cc(S(C)(=O)=O)ccc1NCC#Cc1nc2c([C@H]3NCC34COC4)cccn2c1CC(F)(F)F. The summed E-state index contributed by atoms with van der Waals surface area (Å²) in [5, 5.41) is 6.38. The molecule has 2 fully saturated rings. The Labute approximate surface area is 212 Å². The fourth-order valence-corrected chi connectivity index (χ4v) is 5.34. The third-order valence-electron chi connectivity index (χ3n) is 6.68. The number of rotatable bonds is 6. The van der Waals surface area contributed by atoms with E-state index in [1.54, 1.807) is 18.3 Å². The molecule has 3 aromatic rings. The van der Waals surface area contributed by atoms with Crippen LogP contribution in [0.3, 0.4) is 0 Å². The highest BCUT2D eigenvalue weighted by Gasteiger charge is 2.53. The van der Waals surface area contributed by atoms with Crippen molar-refractivity contribution in [1.29, 1.82) is 0 Å². The predicted octanol–water partition coefficient (Wildman–Crippen LogP) is 2.98. The fraction of sp³-hybridized carbons (Fsp3) is 0.400. The molecule has 2 saturated heterocycles. The lowest BCUT2D eigenvalue weighted by Gasteiger charge is -2.55. The van der Waals surface area contributed by atoms with Gasteiger partial charge in [0.05, 0.1) is 49.6 Å². The first-order chi connectivity index (χ1) is 17.5. The standard InChI is InChI=1S/C25H25F3N4O4S/c1-35-21-11-16(37(2,33)34)7-8-19(21)29-9-3-6-18-20(12-25(26,27)28)32-10-4-5-17(23(32)31-18)22-24(13-30-22)14-36-15-24/h4-5,7-8,10-11,22,29-30H,9,12-15H2,1-2H3/t22-/m1/s1. The van der Waals surface area contributed by atoms with Gasteiger partial charge in [-0.05, 0) is 24.1 Å². The molecule has 0 radical (unpaired) electrons. The quantitative estimate of drug-likeness (QED) is 0.470. The summed E-state index contributed by atoms with van der Waals surface area (Å²) in [5.74, 6) is 5.94. The molecule has 0 aliphatic carbocycles. The van der Waals surface area contributed by atoms with Crippen molar-refractivity contribution in [2.75, 3.05) is 45.0 Å². The molecule has 1 aromatic carbocycles. The van der Waals surface area contributed by atoms with Gasteiger partial charge in [0, 0.05) is 42.1 Å². The molecule has 0 unspecified atom stereocenters. The van der Waals surface area contributed by atoms with Crippen LogP contribution in [0.4, 0.5) is 18.9 Å². The number of alkyl halides is 3. The first-order valence-electron chi connectivity index (χ1n) is 11.5. The van der Waals surface area contributed by atoms with Crippen LogP contribution >= 0.6 is 0 Å². The van der Waals surface area contributed by atoms with Crippen LogP contribution in [0.25, 0.3) is 5.65 Å². The van der Waals surface area contributed by atoms with Crippen molar-refractivity contribution in [3.8, 4) is 17.6 Å². The summed E-state index contributed by atoms with van der Waals surface area (Å²) >= 11 is 0. The highest BCUT2D eigenvalue weighted by atomic mass is 32.2. The van der Waals surface area contributed by atoms with Gasteiger partial charge in [-0.15, -0.1) is 0 Å². The zero-order chi connectivity index (χ0) is 26.4. The summed E-state index contributed by atoms with van der Waals surface area (Å²) in [4.78, 5) is 4.64. The lowest BCUT2D eigenvalue weighted by Crippen LogP contribution is -2.66. The summed E-state index contributed by atoms with van der Waals surface area (Å²) in [7, 11) is -2.00. The normalized spacial score (nSPS) is 18.6. The molecule has 196 valence electrons. The number of hydrogen-bond donors (Lipinski definition) is 2. The van der Waals surface area contributed by atoms with Crippen molar-refractivity contribution in [2.24, 2.45) is 5.41 Å². The molecular formula is C25H25F3N4O4S. The largest absolute Gasteiger partial charge is 0.495 e. The molecule has 2 aromatic heterocycles. The molecule has 5 rings (SSSR count). The first-order valence-corrected chi connectivity index (χ1v) is 13.4. The fourth-order valence-electron chi connectivity index (χ4n) is 4.70. The van der Waals surface area contributed by atoms with Gasteiger partial charge in [-0.2, -0.15) is 13.2 Å². The summed E-state index contributed by atoms with van der Waals surface area (Å²) in [6, 6.07) is 7.94. The molecule has 12 heteroatoms. The minimum absolute atomic E-state index is 0.0230. The molecule has 2 aliphatic rings. The van der Waals surface area contributed by atoms with E-state index in [1.165, 1.54) is 23.6 Å². The topological polar surface area (TPSA) is 94.0 Å². The summed E-state index contributed by atoms with van der Waals surface area (Å²) < 4.78 is 76.1. The zero-order valence-corrected chi connectivity index (χ0v) is 21.0. The molecule has 8 nitrogen and oxygen atoms in total. The number of aromatic nitrogens is 2. The second-order valence-electron chi connectivity index (χ2n) is 9.31. The van der Waals surface area contributed by atoms with E-state index in [9.17, 15) is 21.6 Å². The van der Waals surface area contributed by atoms with Crippen molar-refractivity contribution in [3.05, 3.63) is 53.5 Å². The second kappa shape index (κ2) is 9.24. The van der Waals surface area contributed by atoms with Gasteiger partial charge in [-0.3, -0.25) is 0 Å². The zero-order valence-electron chi connectivity index (χ0n) is 20.1. The molecule has 0 amide bonds. The van der Waals surface area contributed by atoms with Crippen LogP contribution in [0, 0.1) is 17.3 Å². The molecule has 37 heavy (non-hydrogen) atoms. The molecule has 1 spiro atoms. The van der Waals surface area contributed by atoms with Crippen molar-refractivity contribution >= 4 is 21.2 Å². The lowest BCUT2D eigenvalue weighted by molar-refractivity contribution is -0.170. The maximum absolute atomic E-state index is 13.5. The summed E-state index contributed by atoms with van der Waals surface area (Å²) in [5.41, 5.74) is 1.76. The molecule has 0 saturated carbocycles. The van der Waals surface area contributed by atoms with Crippen LogP contribution < -0.4 is 15.4 Å². The number of sulfone groups is 1. The number of imidazole rings is 1. The second-order valence-corrected chi connectivity index (χ2v) is 11.3. The number of fused-ring (bicyclic) bond motifs is 1. The molecular weight excluding hydrogens is 509 g/mol. The molecule has 1 atom stereocenters. The number of methoxy groups -OCH3 is 1. The number of pyridine rings is 1. The Kier molecular flexibility index (Phi) is 6.34. The van der Waals surface area contributed by atoms with Crippen LogP contribution in [0.15, 0.2) is 41.4 Å². The lowest BCUT2D eigenvalue weighted by atomic mass is 9.69. The molecule has 2 aliphatic heterocycles. The predicted molar refractivity (Wildman–Crippen MR) is 130 cm³/mol. The monoisotopic (exact) mass is 534 g/mol. The number of ether oxygens (including phenoxy) is 2. The van der Waals surface area contributed by atoms with Crippen LogP contribution in [-0.4, -0.2) is 63.6 Å². The van der Waals surface area contributed by atoms with Gasteiger partial charge in [-0.25, -0.2) is 13.4 Å².